The van der Waals surface area contributed by atoms with Crippen LogP contribution >= 0.6 is 0 Å². The number of carbonyl (C=O) groups excluding carboxylic acids is 1. The molecule has 1 aliphatic rings. The number of anilines is 2. The molecule has 0 aliphatic carbocycles. The van der Waals surface area contributed by atoms with Crippen molar-refractivity contribution in [2.45, 2.75) is 32.2 Å². The van der Waals surface area contributed by atoms with Gasteiger partial charge in [0.2, 0.25) is 5.91 Å². The summed E-state index contributed by atoms with van der Waals surface area (Å²) < 4.78 is 0. The second-order valence-electron chi connectivity index (χ2n) is 4.93. The van der Waals surface area contributed by atoms with Crippen LogP contribution in [0, 0.1) is 0 Å². The van der Waals surface area contributed by atoms with E-state index in [2.05, 4.69) is 15.6 Å². The SMILES string of the molecule is CCC1(CC)Nc2c(cnc3ccccc23)NC1=O. The first-order valence-electron chi connectivity index (χ1n) is 6.67. The Bertz CT molecular complexity index is 647. The quantitative estimate of drug-likeness (QED) is 0.866. The minimum atomic E-state index is -0.517. The van der Waals surface area contributed by atoms with E-state index in [4.69, 9.17) is 0 Å². The van der Waals surface area contributed by atoms with Gasteiger partial charge in [0.15, 0.2) is 0 Å². The highest BCUT2D eigenvalue weighted by molar-refractivity contribution is 6.11. The maximum Gasteiger partial charge on any atom is 0.250 e. The molecule has 2 N–H and O–H groups in total. The average molecular weight is 255 g/mol. The Labute approximate surface area is 112 Å². The molecular weight excluding hydrogens is 238 g/mol. The highest BCUT2D eigenvalue weighted by Gasteiger charge is 2.39. The first-order chi connectivity index (χ1) is 9.20. The topological polar surface area (TPSA) is 54.0 Å². The zero-order chi connectivity index (χ0) is 13.5. The number of carbonyl (C=O) groups is 1. The third-order valence-corrected chi connectivity index (χ3v) is 4.03. The Morgan fingerprint density at radius 1 is 1.21 bits per heavy atom. The van der Waals surface area contributed by atoms with E-state index in [0.717, 1.165) is 35.1 Å². The number of aromatic nitrogens is 1. The maximum absolute atomic E-state index is 12.3. The lowest BCUT2D eigenvalue weighted by atomic mass is 9.88. The number of pyridine rings is 1. The van der Waals surface area contributed by atoms with Crippen LogP contribution in [0.3, 0.4) is 0 Å². The van der Waals surface area contributed by atoms with Gasteiger partial charge in [-0.15, -0.1) is 0 Å². The third-order valence-electron chi connectivity index (χ3n) is 4.03. The van der Waals surface area contributed by atoms with E-state index in [-0.39, 0.29) is 5.91 Å². The number of hydrogen-bond donors (Lipinski definition) is 2. The molecule has 19 heavy (non-hydrogen) atoms. The van der Waals surface area contributed by atoms with Gasteiger partial charge in [-0.25, -0.2) is 0 Å². The zero-order valence-corrected chi connectivity index (χ0v) is 11.2. The van der Waals surface area contributed by atoms with Crippen LogP contribution in [0.25, 0.3) is 10.9 Å². The van der Waals surface area contributed by atoms with Crippen molar-refractivity contribution in [2.24, 2.45) is 0 Å². The summed E-state index contributed by atoms with van der Waals surface area (Å²) in [5, 5.41) is 7.48. The van der Waals surface area contributed by atoms with E-state index in [9.17, 15) is 4.79 Å². The first-order valence-corrected chi connectivity index (χ1v) is 6.67. The number of fused-ring (bicyclic) bond motifs is 3. The highest BCUT2D eigenvalue weighted by Crippen LogP contribution is 2.38. The summed E-state index contributed by atoms with van der Waals surface area (Å²) in [6.07, 6.45) is 3.23. The maximum atomic E-state index is 12.3. The normalized spacial score (nSPS) is 16.6. The molecule has 0 unspecified atom stereocenters. The molecule has 4 nitrogen and oxygen atoms in total. The second kappa shape index (κ2) is 4.23. The van der Waals surface area contributed by atoms with Crippen LogP contribution in [0.2, 0.25) is 0 Å². The monoisotopic (exact) mass is 255 g/mol. The van der Waals surface area contributed by atoms with Crippen molar-refractivity contribution >= 4 is 28.2 Å². The smallest absolute Gasteiger partial charge is 0.250 e. The van der Waals surface area contributed by atoms with Crippen molar-refractivity contribution in [3.05, 3.63) is 30.5 Å². The van der Waals surface area contributed by atoms with Gasteiger partial charge in [0.1, 0.15) is 5.54 Å². The summed E-state index contributed by atoms with van der Waals surface area (Å²) in [7, 11) is 0. The Hall–Kier alpha value is -2.10. The molecule has 1 aromatic heterocycles. The van der Waals surface area contributed by atoms with Crippen molar-refractivity contribution < 1.29 is 4.79 Å². The molecule has 2 heterocycles. The first kappa shape index (κ1) is 12.0. The minimum absolute atomic E-state index is 0.0297. The number of rotatable bonds is 2. The highest BCUT2D eigenvalue weighted by atomic mass is 16.2. The summed E-state index contributed by atoms with van der Waals surface area (Å²) in [4.78, 5) is 16.6. The Balaban J connectivity index is 2.21. The number of amides is 1. The lowest BCUT2D eigenvalue weighted by molar-refractivity contribution is -0.120. The Morgan fingerprint density at radius 2 is 1.95 bits per heavy atom. The molecule has 0 spiro atoms. The standard InChI is InChI=1S/C15H17N3O/c1-3-15(4-2)14(19)17-12-9-16-11-8-6-5-7-10(11)13(12)18-15/h5-9,18H,3-4H2,1-2H3,(H,17,19). The van der Waals surface area contributed by atoms with Gasteiger partial charge >= 0.3 is 0 Å². The summed E-state index contributed by atoms with van der Waals surface area (Å²) in [5.41, 5.74) is 2.16. The number of hydrogen-bond acceptors (Lipinski definition) is 3. The van der Waals surface area contributed by atoms with Crippen molar-refractivity contribution in [3.8, 4) is 0 Å². The lowest BCUT2D eigenvalue weighted by Crippen LogP contribution is -2.51. The molecule has 98 valence electrons. The molecule has 4 heteroatoms. The van der Waals surface area contributed by atoms with Crippen LogP contribution in [0.4, 0.5) is 11.4 Å². The van der Waals surface area contributed by atoms with E-state index in [0.29, 0.717) is 0 Å². The molecule has 1 aromatic carbocycles. The van der Waals surface area contributed by atoms with Crippen molar-refractivity contribution in [3.63, 3.8) is 0 Å². The second-order valence-corrected chi connectivity index (χ2v) is 4.93. The molecule has 3 rings (SSSR count). The molecule has 1 amide bonds. The average Bonchev–Trinajstić information content (AvgIpc) is 2.46. The fraction of sp³-hybridized carbons (Fsp3) is 0.333. The van der Waals surface area contributed by atoms with Gasteiger partial charge in [-0.1, -0.05) is 32.0 Å². The van der Waals surface area contributed by atoms with E-state index in [1.165, 1.54) is 0 Å². The molecule has 2 aromatic rings. The minimum Gasteiger partial charge on any atom is -0.369 e. The molecular formula is C15H17N3O. The van der Waals surface area contributed by atoms with Crippen LogP contribution in [0.5, 0.6) is 0 Å². The van der Waals surface area contributed by atoms with Crippen molar-refractivity contribution in [1.82, 2.24) is 4.98 Å². The van der Waals surface area contributed by atoms with Gasteiger partial charge in [-0.05, 0) is 18.9 Å². The van der Waals surface area contributed by atoms with Crippen LogP contribution in [0.1, 0.15) is 26.7 Å². The molecule has 0 bridgehead atoms. The summed E-state index contributed by atoms with van der Waals surface area (Å²) in [6, 6.07) is 7.97. The summed E-state index contributed by atoms with van der Waals surface area (Å²) >= 11 is 0. The van der Waals surface area contributed by atoms with E-state index in [1.54, 1.807) is 6.20 Å². The third kappa shape index (κ3) is 1.67. The van der Waals surface area contributed by atoms with Crippen LogP contribution in [0.15, 0.2) is 30.5 Å². The van der Waals surface area contributed by atoms with Gasteiger partial charge in [0, 0.05) is 5.39 Å². The molecule has 1 aliphatic heterocycles. The fourth-order valence-electron chi connectivity index (χ4n) is 2.66. The van der Waals surface area contributed by atoms with Crippen molar-refractivity contribution in [1.29, 1.82) is 0 Å². The fourth-order valence-corrected chi connectivity index (χ4v) is 2.66. The largest absolute Gasteiger partial charge is 0.369 e. The lowest BCUT2D eigenvalue weighted by Gasteiger charge is -2.37. The van der Waals surface area contributed by atoms with Gasteiger partial charge in [-0.2, -0.15) is 0 Å². The molecule has 0 atom stereocenters. The Kier molecular flexibility index (Phi) is 2.66. The number of nitrogens with zero attached hydrogens (tertiary/aromatic N) is 1. The van der Waals surface area contributed by atoms with Crippen LogP contribution in [-0.4, -0.2) is 16.4 Å². The van der Waals surface area contributed by atoms with Gasteiger partial charge in [0.25, 0.3) is 0 Å². The summed E-state index contributed by atoms with van der Waals surface area (Å²) in [5.74, 6) is 0.0297. The molecule has 0 saturated carbocycles. The summed E-state index contributed by atoms with van der Waals surface area (Å²) in [6.45, 7) is 4.06. The predicted octanol–water partition coefficient (Wildman–Crippen LogP) is 3.16. The molecule has 0 radical (unpaired) electrons. The number of para-hydroxylation sites is 1. The van der Waals surface area contributed by atoms with Gasteiger partial charge in [-0.3, -0.25) is 9.78 Å². The number of benzene rings is 1. The van der Waals surface area contributed by atoms with Gasteiger partial charge in [0.05, 0.1) is 23.1 Å². The Morgan fingerprint density at radius 3 is 2.68 bits per heavy atom. The van der Waals surface area contributed by atoms with E-state index in [1.807, 2.05) is 38.1 Å². The molecule has 0 saturated heterocycles. The predicted molar refractivity (Wildman–Crippen MR) is 77.3 cm³/mol. The van der Waals surface area contributed by atoms with E-state index >= 15 is 0 Å². The molecule has 0 fully saturated rings. The zero-order valence-electron chi connectivity index (χ0n) is 11.2. The van der Waals surface area contributed by atoms with Gasteiger partial charge < -0.3 is 10.6 Å². The number of nitrogens with one attached hydrogen (secondary N) is 2. The van der Waals surface area contributed by atoms with Crippen LogP contribution < -0.4 is 10.6 Å². The van der Waals surface area contributed by atoms with Crippen LogP contribution in [-0.2, 0) is 4.79 Å². The van der Waals surface area contributed by atoms with E-state index < -0.39 is 5.54 Å². The van der Waals surface area contributed by atoms with Crippen molar-refractivity contribution in [2.75, 3.05) is 10.6 Å².